The highest BCUT2D eigenvalue weighted by atomic mass is 16.5. The molecule has 0 aromatic heterocycles. The van der Waals surface area contributed by atoms with Gasteiger partial charge in [0, 0.05) is 0 Å². The number of para-hydroxylation sites is 1. The summed E-state index contributed by atoms with van der Waals surface area (Å²) in [7, 11) is 0. The van der Waals surface area contributed by atoms with Crippen LogP contribution in [0.3, 0.4) is 0 Å². The third-order valence-electron chi connectivity index (χ3n) is 2.61. The Kier molecular flexibility index (Phi) is 2.01. The van der Waals surface area contributed by atoms with Crippen LogP contribution in [0.1, 0.15) is 24.2 Å². The summed E-state index contributed by atoms with van der Waals surface area (Å²) in [5.41, 5.74) is -0.247. The van der Waals surface area contributed by atoms with E-state index < -0.39 is 11.5 Å². The first kappa shape index (κ1) is 9.72. The van der Waals surface area contributed by atoms with Crippen molar-refractivity contribution in [1.29, 1.82) is 5.26 Å². The second-order valence-electron chi connectivity index (χ2n) is 4.13. The van der Waals surface area contributed by atoms with Gasteiger partial charge in [-0.1, -0.05) is 12.1 Å². The van der Waals surface area contributed by atoms with Crippen LogP contribution in [-0.4, -0.2) is 11.4 Å². The van der Waals surface area contributed by atoms with Gasteiger partial charge in [-0.3, -0.25) is 4.79 Å². The highest BCUT2D eigenvalue weighted by Gasteiger charge is 2.43. The van der Waals surface area contributed by atoms with Gasteiger partial charge in [-0.05, 0) is 26.0 Å². The van der Waals surface area contributed by atoms with Gasteiger partial charge >= 0.3 is 0 Å². The molecule has 1 aromatic carbocycles. The molecule has 0 radical (unpaired) electrons. The van der Waals surface area contributed by atoms with Crippen LogP contribution in [0, 0.1) is 17.2 Å². The predicted octanol–water partition coefficient (Wildman–Crippen LogP) is 2.18. The Balaban J connectivity index is 2.57. The summed E-state index contributed by atoms with van der Waals surface area (Å²) < 4.78 is 5.65. The monoisotopic (exact) mass is 201 g/mol. The predicted molar refractivity (Wildman–Crippen MR) is 54.6 cm³/mol. The maximum Gasteiger partial charge on any atom is 0.187 e. The lowest BCUT2D eigenvalue weighted by atomic mass is 9.82. The van der Waals surface area contributed by atoms with E-state index in [0.29, 0.717) is 11.3 Å². The molecule has 1 aliphatic heterocycles. The first-order valence-electron chi connectivity index (χ1n) is 4.78. The summed E-state index contributed by atoms with van der Waals surface area (Å²) in [5.74, 6) is -0.309. The number of rotatable bonds is 0. The molecule has 2 rings (SSSR count). The lowest BCUT2D eigenvalue weighted by Crippen LogP contribution is -2.45. The molecule has 1 aromatic rings. The molecule has 1 unspecified atom stereocenters. The first-order chi connectivity index (χ1) is 7.06. The van der Waals surface area contributed by atoms with E-state index in [1.807, 2.05) is 12.1 Å². The smallest absolute Gasteiger partial charge is 0.187 e. The molecule has 0 saturated heterocycles. The Morgan fingerprint density at radius 2 is 2.07 bits per heavy atom. The SMILES string of the molecule is CC1(C)Oc2ccccc2C(=O)C1C#N. The van der Waals surface area contributed by atoms with E-state index in [-0.39, 0.29) is 5.78 Å². The average Bonchev–Trinajstić information content (AvgIpc) is 2.17. The van der Waals surface area contributed by atoms with Crippen LogP contribution in [0.25, 0.3) is 0 Å². The van der Waals surface area contributed by atoms with Gasteiger partial charge in [0.15, 0.2) is 5.78 Å². The molecule has 0 fully saturated rings. The molecule has 1 aliphatic rings. The quantitative estimate of drug-likeness (QED) is 0.646. The largest absolute Gasteiger partial charge is 0.485 e. The molecular formula is C12H11NO2. The number of nitriles is 1. The summed E-state index contributed by atoms with van der Waals surface area (Å²) >= 11 is 0. The lowest BCUT2D eigenvalue weighted by molar-refractivity contribution is 0.0422. The molecule has 0 bridgehead atoms. The van der Waals surface area contributed by atoms with Gasteiger partial charge in [0.05, 0.1) is 11.6 Å². The molecule has 3 heteroatoms. The number of nitrogens with zero attached hydrogens (tertiary/aromatic N) is 1. The van der Waals surface area contributed by atoms with Crippen LogP contribution in [0.5, 0.6) is 5.75 Å². The molecule has 76 valence electrons. The third-order valence-corrected chi connectivity index (χ3v) is 2.61. The minimum absolute atomic E-state index is 0.149. The molecule has 1 heterocycles. The van der Waals surface area contributed by atoms with E-state index in [0.717, 1.165) is 0 Å². The zero-order valence-electron chi connectivity index (χ0n) is 8.65. The first-order valence-corrected chi connectivity index (χ1v) is 4.78. The number of hydrogen-bond acceptors (Lipinski definition) is 3. The summed E-state index contributed by atoms with van der Waals surface area (Å²) in [6.07, 6.45) is 0. The van der Waals surface area contributed by atoms with Crippen molar-refractivity contribution >= 4 is 5.78 Å². The van der Waals surface area contributed by atoms with Gasteiger partial charge in [-0.2, -0.15) is 5.26 Å². The van der Waals surface area contributed by atoms with Crippen LogP contribution in [-0.2, 0) is 0 Å². The number of hydrogen-bond donors (Lipinski definition) is 0. The van der Waals surface area contributed by atoms with Gasteiger partial charge in [0.2, 0.25) is 0 Å². The lowest BCUT2D eigenvalue weighted by Gasteiger charge is -2.35. The minimum atomic E-state index is -0.750. The molecular weight excluding hydrogens is 190 g/mol. The van der Waals surface area contributed by atoms with Gasteiger partial charge in [0.25, 0.3) is 0 Å². The fraction of sp³-hybridized carbons (Fsp3) is 0.333. The molecule has 15 heavy (non-hydrogen) atoms. The maximum absolute atomic E-state index is 12.0. The van der Waals surface area contributed by atoms with E-state index in [9.17, 15) is 4.79 Å². The Morgan fingerprint density at radius 1 is 1.40 bits per heavy atom. The Morgan fingerprint density at radius 3 is 2.73 bits per heavy atom. The average molecular weight is 201 g/mol. The Hall–Kier alpha value is -1.82. The number of benzene rings is 1. The number of ether oxygens (including phenoxy) is 1. The zero-order valence-corrected chi connectivity index (χ0v) is 8.65. The molecule has 1 atom stereocenters. The number of fused-ring (bicyclic) bond motifs is 1. The van der Waals surface area contributed by atoms with Crippen LogP contribution >= 0.6 is 0 Å². The second kappa shape index (κ2) is 3.09. The van der Waals surface area contributed by atoms with Crippen molar-refractivity contribution in [3.8, 4) is 11.8 Å². The third kappa shape index (κ3) is 1.39. The van der Waals surface area contributed by atoms with E-state index in [2.05, 4.69) is 0 Å². The van der Waals surface area contributed by atoms with Crippen LogP contribution in [0.4, 0.5) is 0 Å². The Labute approximate surface area is 88.3 Å². The molecule has 0 aliphatic carbocycles. The molecule has 3 nitrogen and oxygen atoms in total. The maximum atomic E-state index is 12.0. The van der Waals surface area contributed by atoms with E-state index in [1.165, 1.54) is 0 Å². The van der Waals surface area contributed by atoms with Crippen molar-refractivity contribution in [1.82, 2.24) is 0 Å². The molecule has 0 N–H and O–H groups in total. The molecule has 0 amide bonds. The fourth-order valence-electron chi connectivity index (χ4n) is 1.79. The van der Waals surface area contributed by atoms with Crippen molar-refractivity contribution in [2.24, 2.45) is 5.92 Å². The van der Waals surface area contributed by atoms with Gasteiger partial charge in [-0.15, -0.1) is 0 Å². The topological polar surface area (TPSA) is 50.1 Å². The van der Waals surface area contributed by atoms with Crippen molar-refractivity contribution in [3.05, 3.63) is 29.8 Å². The van der Waals surface area contributed by atoms with Gasteiger partial charge < -0.3 is 4.74 Å². The fourth-order valence-corrected chi connectivity index (χ4v) is 1.79. The van der Waals surface area contributed by atoms with E-state index in [4.69, 9.17) is 10.00 Å². The van der Waals surface area contributed by atoms with Crippen molar-refractivity contribution in [2.75, 3.05) is 0 Å². The second-order valence-corrected chi connectivity index (χ2v) is 4.13. The zero-order chi connectivity index (χ0) is 11.1. The number of Topliss-reactive ketones (excluding diaryl/α,β-unsaturated/α-hetero) is 1. The summed E-state index contributed by atoms with van der Waals surface area (Å²) in [5, 5.41) is 8.97. The normalized spacial score (nSPS) is 22.5. The van der Waals surface area contributed by atoms with Crippen LogP contribution < -0.4 is 4.74 Å². The summed E-state index contributed by atoms with van der Waals surface area (Å²) in [6.45, 7) is 3.52. The Bertz CT molecular complexity index is 457. The highest BCUT2D eigenvalue weighted by molar-refractivity contribution is 6.03. The van der Waals surface area contributed by atoms with Crippen LogP contribution in [0.2, 0.25) is 0 Å². The van der Waals surface area contributed by atoms with Crippen LogP contribution in [0.15, 0.2) is 24.3 Å². The number of carbonyl (C=O) groups is 1. The van der Waals surface area contributed by atoms with Crippen molar-refractivity contribution < 1.29 is 9.53 Å². The number of carbonyl (C=O) groups excluding carboxylic acids is 1. The summed E-state index contributed by atoms with van der Waals surface area (Å²) in [6, 6.07) is 9.04. The minimum Gasteiger partial charge on any atom is -0.485 e. The number of ketones is 1. The van der Waals surface area contributed by atoms with Gasteiger partial charge in [0.1, 0.15) is 17.3 Å². The van der Waals surface area contributed by atoms with E-state index in [1.54, 1.807) is 32.0 Å². The molecule has 0 saturated carbocycles. The van der Waals surface area contributed by atoms with Gasteiger partial charge in [-0.25, -0.2) is 0 Å². The van der Waals surface area contributed by atoms with Crippen molar-refractivity contribution in [2.45, 2.75) is 19.4 Å². The standard InChI is InChI=1S/C12H11NO2/c1-12(2)9(7-13)11(14)8-5-3-4-6-10(8)15-12/h3-6,9H,1-2H3. The highest BCUT2D eigenvalue weighted by Crippen LogP contribution is 2.36. The van der Waals surface area contributed by atoms with E-state index >= 15 is 0 Å². The summed E-state index contributed by atoms with van der Waals surface area (Å²) in [4.78, 5) is 12.0. The van der Waals surface area contributed by atoms with Crippen molar-refractivity contribution in [3.63, 3.8) is 0 Å². The molecule has 0 spiro atoms.